The van der Waals surface area contributed by atoms with E-state index < -0.39 is 38.6 Å². The Kier molecular flexibility index (Phi) is 34.7. The van der Waals surface area contributed by atoms with Crippen LogP contribution in [0.25, 0.3) is 0 Å². The van der Waals surface area contributed by atoms with E-state index in [4.69, 9.17) is 28.0 Å². The van der Waals surface area contributed by atoms with Gasteiger partial charge in [-0.3, -0.25) is 14.2 Å². The van der Waals surface area contributed by atoms with E-state index in [2.05, 4.69) is 13.8 Å². The maximum atomic E-state index is 12.4. The maximum absolute atomic E-state index is 12.4. The summed E-state index contributed by atoms with van der Waals surface area (Å²) in [4.78, 5) is 36.1. The van der Waals surface area contributed by atoms with Gasteiger partial charge in [0.05, 0.1) is 19.8 Å². The third-order valence-electron chi connectivity index (χ3n) is 8.95. The van der Waals surface area contributed by atoms with Crippen LogP contribution in [-0.2, 0) is 42.1 Å². The van der Waals surface area contributed by atoms with Crippen molar-refractivity contribution in [1.82, 2.24) is 0 Å². The third-order valence-corrected chi connectivity index (χ3v) is 9.88. The van der Waals surface area contributed by atoms with Crippen LogP contribution >= 0.6 is 7.82 Å². The van der Waals surface area contributed by atoms with Gasteiger partial charge in [0.1, 0.15) is 12.7 Å². The molecular weight excluding hydrogens is 670 g/mol. The van der Waals surface area contributed by atoms with E-state index in [1.54, 1.807) is 0 Å². The molecule has 0 saturated carbocycles. The summed E-state index contributed by atoms with van der Waals surface area (Å²) in [6, 6.07) is 0. The normalized spacial score (nSPS) is 17.6. The first kappa shape index (κ1) is 50.0. The molecule has 0 bridgehead atoms. The standard InChI is InChI=1S/C38H73O10P.Na/c1-4-6-8-10-12-14-16-17-19-21-23-25-27-29-38-44-31-36(48-38)33-46-49(41,42)45-32-35(30-43-34(3)39)47-37(40)28-26-24-22-20-18-15-13-11-9-7-5-2;/h35-36,38H,4-33H2,1-3H3,(H,41,42);/q;+1/p-1/t35-,36?,38?;/m1./s1. The molecule has 1 aliphatic heterocycles. The van der Waals surface area contributed by atoms with Crippen LogP contribution in [0.15, 0.2) is 0 Å². The second-order valence-electron chi connectivity index (χ2n) is 13.8. The first-order valence-electron chi connectivity index (χ1n) is 20.0. The van der Waals surface area contributed by atoms with E-state index in [1.807, 2.05) is 0 Å². The van der Waals surface area contributed by atoms with Crippen LogP contribution in [0.5, 0.6) is 0 Å². The van der Waals surface area contributed by atoms with Gasteiger partial charge in [-0.05, 0) is 19.3 Å². The molecule has 290 valence electrons. The minimum Gasteiger partial charge on any atom is -0.756 e. The summed E-state index contributed by atoms with van der Waals surface area (Å²) in [6.45, 7) is 4.90. The molecule has 1 rings (SSSR count). The second-order valence-corrected chi connectivity index (χ2v) is 15.2. The number of phosphoric ester groups is 1. The van der Waals surface area contributed by atoms with Gasteiger partial charge >= 0.3 is 41.5 Å². The predicted molar refractivity (Wildman–Crippen MR) is 192 cm³/mol. The number of unbranched alkanes of at least 4 members (excludes halogenated alkanes) is 22. The molecule has 1 saturated heterocycles. The smallest absolute Gasteiger partial charge is 0.756 e. The third kappa shape index (κ3) is 31.5. The predicted octanol–water partition coefficient (Wildman–Crippen LogP) is 6.89. The van der Waals surface area contributed by atoms with Crippen molar-refractivity contribution in [3.8, 4) is 0 Å². The van der Waals surface area contributed by atoms with Crippen molar-refractivity contribution in [3.05, 3.63) is 0 Å². The number of ether oxygens (including phenoxy) is 4. The molecule has 12 heteroatoms. The molecule has 0 radical (unpaired) electrons. The largest absolute Gasteiger partial charge is 1.00 e. The molecule has 1 fully saturated rings. The van der Waals surface area contributed by atoms with Gasteiger partial charge in [-0.1, -0.05) is 155 Å². The summed E-state index contributed by atoms with van der Waals surface area (Å²) in [5.74, 6) is -1.05. The summed E-state index contributed by atoms with van der Waals surface area (Å²) >= 11 is 0. The number of hydrogen-bond donors (Lipinski definition) is 0. The fourth-order valence-corrected chi connectivity index (χ4v) is 6.74. The number of phosphoric acid groups is 1. The molecule has 1 aliphatic rings. The molecule has 50 heavy (non-hydrogen) atoms. The molecule has 0 aromatic carbocycles. The van der Waals surface area contributed by atoms with Crippen molar-refractivity contribution < 1.29 is 76.6 Å². The van der Waals surface area contributed by atoms with Crippen LogP contribution in [0.2, 0.25) is 0 Å². The first-order chi connectivity index (χ1) is 23.8. The summed E-state index contributed by atoms with van der Waals surface area (Å²) in [5, 5.41) is 0. The molecule has 3 unspecified atom stereocenters. The van der Waals surface area contributed by atoms with Gasteiger partial charge in [-0.25, -0.2) is 0 Å². The van der Waals surface area contributed by atoms with Crippen LogP contribution in [-0.4, -0.2) is 56.9 Å². The van der Waals surface area contributed by atoms with Gasteiger partial charge < -0.3 is 32.9 Å². The zero-order chi connectivity index (χ0) is 35.8. The van der Waals surface area contributed by atoms with Crippen molar-refractivity contribution in [2.75, 3.05) is 26.4 Å². The Balaban J connectivity index is 0.0000240. The zero-order valence-corrected chi connectivity index (χ0v) is 35.4. The molecule has 0 aromatic rings. The maximum Gasteiger partial charge on any atom is 1.00 e. The van der Waals surface area contributed by atoms with E-state index in [0.717, 1.165) is 38.5 Å². The number of hydrogen-bond acceptors (Lipinski definition) is 10. The molecule has 1 heterocycles. The van der Waals surface area contributed by atoms with Gasteiger partial charge in [0.25, 0.3) is 7.82 Å². The Labute approximate surface area is 327 Å². The SMILES string of the molecule is CCCCCCCCCCCCCCCC1OCC(COP(=O)([O-])OC[C@@H](COC(C)=O)OC(=O)CCCCCCCCCCCCC)O1.[Na+]. The van der Waals surface area contributed by atoms with E-state index in [1.165, 1.54) is 122 Å². The van der Waals surface area contributed by atoms with Crippen molar-refractivity contribution in [2.24, 2.45) is 0 Å². The number of rotatable bonds is 35. The summed E-state index contributed by atoms with van der Waals surface area (Å²) in [7, 11) is -4.73. The van der Waals surface area contributed by atoms with Crippen LogP contribution < -0.4 is 34.5 Å². The van der Waals surface area contributed by atoms with Crippen molar-refractivity contribution in [2.45, 2.75) is 206 Å². The van der Waals surface area contributed by atoms with E-state index in [9.17, 15) is 19.0 Å². The van der Waals surface area contributed by atoms with Crippen LogP contribution in [0.1, 0.15) is 188 Å². The average molecular weight is 743 g/mol. The van der Waals surface area contributed by atoms with E-state index >= 15 is 0 Å². The minimum absolute atomic E-state index is 0. The molecule has 10 nitrogen and oxygen atoms in total. The topological polar surface area (TPSA) is 130 Å². The molecule has 0 aromatic heterocycles. The molecule has 0 aliphatic carbocycles. The molecule has 0 spiro atoms. The van der Waals surface area contributed by atoms with E-state index in [-0.39, 0.29) is 62.1 Å². The average Bonchev–Trinajstić information content (AvgIpc) is 3.54. The van der Waals surface area contributed by atoms with Gasteiger partial charge in [-0.2, -0.15) is 0 Å². The Hall–Kier alpha value is -0.0300. The van der Waals surface area contributed by atoms with Gasteiger partial charge in [0, 0.05) is 13.3 Å². The van der Waals surface area contributed by atoms with Gasteiger partial charge in [0.15, 0.2) is 12.4 Å². The molecule has 0 N–H and O–H groups in total. The fourth-order valence-electron chi connectivity index (χ4n) is 5.97. The van der Waals surface area contributed by atoms with Crippen molar-refractivity contribution in [1.29, 1.82) is 0 Å². The Morgan fingerprint density at radius 2 is 1.16 bits per heavy atom. The van der Waals surface area contributed by atoms with Gasteiger partial charge in [0.2, 0.25) is 0 Å². The first-order valence-corrected chi connectivity index (χ1v) is 21.4. The van der Waals surface area contributed by atoms with E-state index in [0.29, 0.717) is 6.42 Å². The summed E-state index contributed by atoms with van der Waals surface area (Å²) < 4.78 is 44.3. The van der Waals surface area contributed by atoms with Crippen LogP contribution in [0, 0.1) is 0 Å². The molecule has 4 atom stereocenters. The van der Waals surface area contributed by atoms with Crippen LogP contribution in [0.4, 0.5) is 0 Å². The monoisotopic (exact) mass is 742 g/mol. The summed E-state index contributed by atoms with van der Waals surface area (Å²) in [5.41, 5.74) is 0. The quantitative estimate of drug-likeness (QED) is 0.0293. The fraction of sp³-hybridized carbons (Fsp3) is 0.947. The summed E-state index contributed by atoms with van der Waals surface area (Å²) in [6.07, 6.45) is 28.6. The van der Waals surface area contributed by atoms with Crippen LogP contribution in [0.3, 0.4) is 0 Å². The Morgan fingerprint density at radius 1 is 0.700 bits per heavy atom. The number of esters is 2. The zero-order valence-electron chi connectivity index (χ0n) is 32.5. The van der Waals surface area contributed by atoms with Gasteiger partial charge in [-0.15, -0.1) is 0 Å². The second kappa shape index (κ2) is 34.7. The Bertz CT molecular complexity index is 848. The Morgan fingerprint density at radius 3 is 1.64 bits per heavy atom. The molecular formula is C38H72NaO10P. The van der Waals surface area contributed by atoms with Crippen molar-refractivity contribution in [3.63, 3.8) is 0 Å². The number of carbonyl (C=O) groups excluding carboxylic acids is 2. The van der Waals surface area contributed by atoms with Crippen molar-refractivity contribution >= 4 is 19.8 Å². The molecule has 0 amide bonds. The number of carbonyl (C=O) groups is 2. The minimum atomic E-state index is -4.73.